The number of rotatable bonds is 5. The van der Waals surface area contributed by atoms with Crippen molar-refractivity contribution in [1.82, 2.24) is 20.2 Å². The number of nitrogens with zero attached hydrogens (tertiary/aromatic N) is 4. The SMILES string of the molecule is COC(=O)c1ccc(NC(=O)Cn2nnc(-c3ccccc3Cl)n2)cc1. The predicted molar refractivity (Wildman–Crippen MR) is 94.7 cm³/mol. The molecule has 0 bridgehead atoms. The van der Waals surface area contributed by atoms with Gasteiger partial charge in [-0.15, -0.1) is 10.2 Å². The molecule has 0 aliphatic rings. The van der Waals surface area contributed by atoms with Crippen LogP contribution in [-0.4, -0.2) is 39.2 Å². The smallest absolute Gasteiger partial charge is 0.337 e. The maximum absolute atomic E-state index is 12.1. The fourth-order valence-electron chi connectivity index (χ4n) is 2.20. The molecule has 3 rings (SSSR count). The highest BCUT2D eigenvalue weighted by atomic mass is 35.5. The highest BCUT2D eigenvalue weighted by Crippen LogP contribution is 2.23. The first-order chi connectivity index (χ1) is 12.6. The summed E-state index contributed by atoms with van der Waals surface area (Å²) >= 11 is 6.10. The number of benzene rings is 2. The van der Waals surface area contributed by atoms with Gasteiger partial charge in [0.25, 0.3) is 0 Å². The Morgan fingerprint density at radius 3 is 2.58 bits per heavy atom. The second kappa shape index (κ2) is 7.75. The van der Waals surface area contributed by atoms with Crippen molar-refractivity contribution in [1.29, 1.82) is 0 Å². The Hall–Kier alpha value is -3.26. The molecule has 0 radical (unpaired) electrons. The number of hydrogen-bond donors (Lipinski definition) is 1. The molecular formula is C17H14ClN5O3. The molecule has 0 aliphatic carbocycles. The van der Waals surface area contributed by atoms with Crippen molar-refractivity contribution in [3.8, 4) is 11.4 Å². The summed E-state index contributed by atoms with van der Waals surface area (Å²) in [6.07, 6.45) is 0. The standard InChI is InChI=1S/C17H14ClN5O3/c1-26-17(25)11-6-8-12(9-7-11)19-15(24)10-23-21-16(20-22-23)13-4-2-3-5-14(13)18/h2-9H,10H2,1H3,(H,19,24). The molecule has 0 fully saturated rings. The molecular weight excluding hydrogens is 358 g/mol. The second-order valence-corrected chi connectivity index (χ2v) is 5.65. The van der Waals surface area contributed by atoms with Gasteiger partial charge in [0.05, 0.1) is 17.7 Å². The van der Waals surface area contributed by atoms with Crippen LogP contribution in [0.5, 0.6) is 0 Å². The number of hydrogen-bond acceptors (Lipinski definition) is 6. The average Bonchev–Trinajstić information content (AvgIpc) is 3.10. The van der Waals surface area contributed by atoms with Crippen LogP contribution in [0.15, 0.2) is 48.5 Å². The molecule has 1 N–H and O–H groups in total. The van der Waals surface area contributed by atoms with E-state index in [1.165, 1.54) is 11.9 Å². The van der Waals surface area contributed by atoms with E-state index in [0.29, 0.717) is 27.7 Å². The van der Waals surface area contributed by atoms with E-state index in [4.69, 9.17) is 11.6 Å². The number of esters is 1. The highest BCUT2D eigenvalue weighted by molar-refractivity contribution is 6.33. The van der Waals surface area contributed by atoms with Crippen LogP contribution in [0.2, 0.25) is 5.02 Å². The summed E-state index contributed by atoms with van der Waals surface area (Å²) in [7, 11) is 1.31. The number of carbonyl (C=O) groups excluding carboxylic acids is 2. The minimum absolute atomic E-state index is 0.115. The minimum atomic E-state index is -0.443. The molecule has 0 saturated heterocycles. The molecule has 1 heterocycles. The number of halogens is 1. The predicted octanol–water partition coefficient (Wildman–Crippen LogP) is 2.42. The number of amides is 1. The monoisotopic (exact) mass is 371 g/mol. The van der Waals surface area contributed by atoms with E-state index in [0.717, 1.165) is 0 Å². The Morgan fingerprint density at radius 1 is 1.15 bits per heavy atom. The Balaban J connectivity index is 1.64. The van der Waals surface area contributed by atoms with E-state index in [1.807, 2.05) is 6.07 Å². The van der Waals surface area contributed by atoms with Gasteiger partial charge < -0.3 is 10.1 Å². The molecule has 0 atom stereocenters. The largest absolute Gasteiger partial charge is 0.465 e. The van der Waals surface area contributed by atoms with Gasteiger partial charge in [-0.3, -0.25) is 4.79 Å². The number of carbonyl (C=O) groups is 2. The highest BCUT2D eigenvalue weighted by Gasteiger charge is 2.12. The molecule has 9 heteroatoms. The summed E-state index contributed by atoms with van der Waals surface area (Å²) in [4.78, 5) is 24.7. The maximum atomic E-state index is 12.1. The van der Waals surface area contributed by atoms with Gasteiger partial charge in [0, 0.05) is 11.3 Å². The molecule has 2 aromatic carbocycles. The minimum Gasteiger partial charge on any atom is -0.465 e. The summed E-state index contributed by atoms with van der Waals surface area (Å²) < 4.78 is 4.62. The lowest BCUT2D eigenvalue weighted by atomic mass is 10.2. The molecule has 8 nitrogen and oxygen atoms in total. The number of ether oxygens (including phenoxy) is 1. The topological polar surface area (TPSA) is 99.0 Å². The van der Waals surface area contributed by atoms with Crippen LogP contribution in [0.25, 0.3) is 11.4 Å². The zero-order valence-electron chi connectivity index (χ0n) is 13.7. The van der Waals surface area contributed by atoms with Gasteiger partial charge in [-0.25, -0.2) is 4.79 Å². The lowest BCUT2D eigenvalue weighted by Crippen LogP contribution is -2.20. The van der Waals surface area contributed by atoms with Crippen molar-refractivity contribution in [2.24, 2.45) is 0 Å². The van der Waals surface area contributed by atoms with Crippen LogP contribution in [0.4, 0.5) is 5.69 Å². The van der Waals surface area contributed by atoms with Crippen molar-refractivity contribution < 1.29 is 14.3 Å². The van der Waals surface area contributed by atoms with Crippen LogP contribution < -0.4 is 5.32 Å². The van der Waals surface area contributed by atoms with E-state index in [-0.39, 0.29) is 12.5 Å². The fraction of sp³-hybridized carbons (Fsp3) is 0.118. The summed E-state index contributed by atoms with van der Waals surface area (Å²) in [6, 6.07) is 13.4. The third kappa shape index (κ3) is 4.04. The first kappa shape index (κ1) is 17.6. The average molecular weight is 372 g/mol. The van der Waals surface area contributed by atoms with Crippen LogP contribution in [-0.2, 0) is 16.1 Å². The van der Waals surface area contributed by atoms with Gasteiger partial charge in [-0.1, -0.05) is 23.7 Å². The zero-order chi connectivity index (χ0) is 18.5. The van der Waals surface area contributed by atoms with E-state index in [2.05, 4.69) is 25.5 Å². The summed E-state index contributed by atoms with van der Waals surface area (Å²) in [5.74, 6) is -0.438. The molecule has 26 heavy (non-hydrogen) atoms. The van der Waals surface area contributed by atoms with Crippen LogP contribution in [0.1, 0.15) is 10.4 Å². The van der Waals surface area contributed by atoms with Gasteiger partial charge in [-0.05, 0) is 41.6 Å². The number of tetrazole rings is 1. The normalized spacial score (nSPS) is 10.4. The van der Waals surface area contributed by atoms with E-state index < -0.39 is 5.97 Å². The van der Waals surface area contributed by atoms with Gasteiger partial charge in [-0.2, -0.15) is 4.80 Å². The molecule has 132 valence electrons. The van der Waals surface area contributed by atoms with Gasteiger partial charge in [0.2, 0.25) is 11.7 Å². The molecule has 3 aromatic rings. The molecule has 0 unspecified atom stereocenters. The number of methoxy groups -OCH3 is 1. The molecule has 0 saturated carbocycles. The van der Waals surface area contributed by atoms with Crippen LogP contribution in [0, 0.1) is 0 Å². The first-order valence-electron chi connectivity index (χ1n) is 7.58. The lowest BCUT2D eigenvalue weighted by molar-refractivity contribution is -0.117. The lowest BCUT2D eigenvalue weighted by Gasteiger charge is -2.05. The zero-order valence-corrected chi connectivity index (χ0v) is 14.5. The first-order valence-corrected chi connectivity index (χ1v) is 7.95. The fourth-order valence-corrected chi connectivity index (χ4v) is 2.42. The van der Waals surface area contributed by atoms with Crippen molar-refractivity contribution >= 4 is 29.2 Å². The maximum Gasteiger partial charge on any atom is 0.337 e. The summed E-state index contributed by atoms with van der Waals surface area (Å²) in [5, 5.41) is 15.1. The number of aromatic nitrogens is 4. The Kier molecular flexibility index (Phi) is 5.23. The second-order valence-electron chi connectivity index (χ2n) is 5.24. The van der Waals surface area contributed by atoms with Crippen molar-refractivity contribution in [2.45, 2.75) is 6.54 Å². The van der Waals surface area contributed by atoms with E-state index >= 15 is 0 Å². The van der Waals surface area contributed by atoms with E-state index in [1.54, 1.807) is 42.5 Å². The van der Waals surface area contributed by atoms with Crippen LogP contribution >= 0.6 is 11.6 Å². The van der Waals surface area contributed by atoms with Crippen molar-refractivity contribution in [2.75, 3.05) is 12.4 Å². The Morgan fingerprint density at radius 2 is 1.88 bits per heavy atom. The third-order valence-electron chi connectivity index (χ3n) is 3.44. The third-order valence-corrected chi connectivity index (χ3v) is 3.77. The molecule has 0 spiro atoms. The van der Waals surface area contributed by atoms with Crippen molar-refractivity contribution in [3.05, 3.63) is 59.1 Å². The summed E-state index contributed by atoms with van der Waals surface area (Å²) in [6.45, 7) is -0.115. The van der Waals surface area contributed by atoms with Crippen LogP contribution in [0.3, 0.4) is 0 Å². The quantitative estimate of drug-likeness (QED) is 0.691. The van der Waals surface area contributed by atoms with Gasteiger partial charge in [0.1, 0.15) is 6.54 Å². The molecule has 0 aliphatic heterocycles. The van der Waals surface area contributed by atoms with Gasteiger partial charge in [0.15, 0.2) is 0 Å². The molecule has 1 aromatic heterocycles. The Bertz CT molecular complexity index is 940. The molecule has 1 amide bonds. The number of nitrogens with one attached hydrogen (secondary N) is 1. The van der Waals surface area contributed by atoms with Gasteiger partial charge >= 0.3 is 5.97 Å². The number of anilines is 1. The van der Waals surface area contributed by atoms with E-state index in [9.17, 15) is 9.59 Å². The Labute approximate surface area is 153 Å². The summed E-state index contributed by atoms with van der Waals surface area (Å²) in [5.41, 5.74) is 1.57. The van der Waals surface area contributed by atoms with Crippen molar-refractivity contribution in [3.63, 3.8) is 0 Å².